The van der Waals surface area contributed by atoms with E-state index in [4.69, 9.17) is 11.6 Å². The second-order valence-corrected chi connectivity index (χ2v) is 2.71. The van der Waals surface area contributed by atoms with Crippen LogP contribution in [0.25, 0.3) is 0 Å². The Balaban J connectivity index is 3.35. The molecule has 0 bridgehead atoms. The molecule has 6 heteroatoms. The minimum atomic E-state index is -2.95. The number of hydrogen-bond donors (Lipinski definition) is 0. The van der Waals surface area contributed by atoms with Gasteiger partial charge in [0.05, 0.1) is 5.88 Å². The summed E-state index contributed by atoms with van der Waals surface area (Å²) in [6.45, 7) is 0. The van der Waals surface area contributed by atoms with Gasteiger partial charge in [-0.2, -0.15) is 0 Å². The SMILES string of the molecule is O=Cc1cc(F)c(CCl)c(C(F)F)n1. The van der Waals surface area contributed by atoms with Gasteiger partial charge in [0.15, 0.2) is 6.29 Å². The molecule has 14 heavy (non-hydrogen) atoms. The number of hydrogen-bond acceptors (Lipinski definition) is 2. The molecule has 0 unspecified atom stereocenters. The lowest BCUT2D eigenvalue weighted by atomic mass is 10.2. The maximum absolute atomic E-state index is 13.0. The highest BCUT2D eigenvalue weighted by molar-refractivity contribution is 6.17. The lowest BCUT2D eigenvalue weighted by Crippen LogP contribution is -2.03. The molecule has 0 saturated carbocycles. The molecule has 0 aliphatic carbocycles. The van der Waals surface area contributed by atoms with E-state index in [1.807, 2.05) is 0 Å². The molecule has 0 atom stereocenters. The first-order valence-electron chi connectivity index (χ1n) is 3.58. The Bertz CT molecular complexity index is 357. The van der Waals surface area contributed by atoms with Crippen molar-refractivity contribution in [2.45, 2.75) is 12.3 Å². The van der Waals surface area contributed by atoms with Crippen molar-refractivity contribution in [1.82, 2.24) is 4.98 Å². The molecule has 0 N–H and O–H groups in total. The van der Waals surface area contributed by atoms with Gasteiger partial charge in [0.2, 0.25) is 0 Å². The van der Waals surface area contributed by atoms with Crippen molar-refractivity contribution >= 4 is 17.9 Å². The van der Waals surface area contributed by atoms with E-state index >= 15 is 0 Å². The van der Waals surface area contributed by atoms with Gasteiger partial charge in [-0.15, -0.1) is 11.6 Å². The summed E-state index contributed by atoms with van der Waals surface area (Å²) in [6.07, 6.45) is -2.74. The van der Waals surface area contributed by atoms with Crippen LogP contribution in [0, 0.1) is 5.82 Å². The van der Waals surface area contributed by atoms with Crippen LogP contribution in [0.5, 0.6) is 0 Å². The van der Waals surface area contributed by atoms with Crippen molar-refractivity contribution in [1.29, 1.82) is 0 Å². The van der Waals surface area contributed by atoms with E-state index in [-0.39, 0.29) is 17.5 Å². The van der Waals surface area contributed by atoms with E-state index in [0.29, 0.717) is 0 Å². The van der Waals surface area contributed by atoms with Gasteiger partial charge in [-0.25, -0.2) is 18.2 Å². The molecule has 2 nitrogen and oxygen atoms in total. The normalized spacial score (nSPS) is 10.6. The molecule has 0 spiro atoms. The van der Waals surface area contributed by atoms with Crippen LogP contribution in [-0.2, 0) is 5.88 Å². The molecule has 1 rings (SSSR count). The molecular weight excluding hydrogens is 219 g/mol. The van der Waals surface area contributed by atoms with Crippen LogP contribution in [0.15, 0.2) is 6.07 Å². The van der Waals surface area contributed by atoms with Crippen LogP contribution in [0.3, 0.4) is 0 Å². The molecule has 1 heterocycles. The number of alkyl halides is 3. The van der Waals surface area contributed by atoms with Crippen LogP contribution >= 0.6 is 11.6 Å². The highest BCUT2D eigenvalue weighted by Gasteiger charge is 2.19. The van der Waals surface area contributed by atoms with Gasteiger partial charge in [-0.3, -0.25) is 4.79 Å². The third-order valence-corrected chi connectivity index (χ3v) is 1.85. The number of aldehydes is 1. The van der Waals surface area contributed by atoms with Gasteiger partial charge in [-0.1, -0.05) is 0 Å². The summed E-state index contributed by atoms with van der Waals surface area (Å²) >= 11 is 5.28. The minimum Gasteiger partial charge on any atom is -0.296 e. The van der Waals surface area contributed by atoms with Crippen LogP contribution in [0.4, 0.5) is 13.2 Å². The first kappa shape index (κ1) is 11.0. The molecule has 0 aliphatic heterocycles. The highest BCUT2D eigenvalue weighted by atomic mass is 35.5. The maximum Gasteiger partial charge on any atom is 0.280 e. The maximum atomic E-state index is 13.0. The fourth-order valence-corrected chi connectivity index (χ4v) is 1.22. The van der Waals surface area contributed by atoms with Gasteiger partial charge >= 0.3 is 0 Å². The molecule has 0 amide bonds. The zero-order valence-corrected chi connectivity index (χ0v) is 7.56. The molecular formula is C8H5ClF3NO. The van der Waals surface area contributed by atoms with Gasteiger partial charge in [0, 0.05) is 11.6 Å². The Kier molecular flexibility index (Phi) is 3.46. The highest BCUT2D eigenvalue weighted by Crippen LogP contribution is 2.24. The lowest BCUT2D eigenvalue weighted by Gasteiger charge is -2.06. The van der Waals surface area contributed by atoms with E-state index in [0.717, 1.165) is 6.07 Å². The Hall–Kier alpha value is -1.10. The largest absolute Gasteiger partial charge is 0.296 e. The number of halogens is 4. The van der Waals surface area contributed by atoms with Crippen LogP contribution in [-0.4, -0.2) is 11.3 Å². The van der Waals surface area contributed by atoms with Crippen molar-refractivity contribution in [3.05, 3.63) is 28.8 Å². The number of pyridine rings is 1. The molecule has 0 aromatic carbocycles. The monoisotopic (exact) mass is 223 g/mol. The third-order valence-electron chi connectivity index (χ3n) is 1.58. The van der Waals surface area contributed by atoms with Gasteiger partial charge < -0.3 is 0 Å². The summed E-state index contributed by atoms with van der Waals surface area (Å²) < 4.78 is 37.7. The average Bonchev–Trinajstić information content (AvgIpc) is 2.16. The Morgan fingerprint density at radius 1 is 1.57 bits per heavy atom. The fourth-order valence-electron chi connectivity index (χ4n) is 0.951. The molecule has 0 saturated heterocycles. The topological polar surface area (TPSA) is 30.0 Å². The zero-order valence-electron chi connectivity index (χ0n) is 6.81. The summed E-state index contributed by atoms with van der Waals surface area (Å²) in [4.78, 5) is 13.5. The molecule has 76 valence electrons. The third kappa shape index (κ3) is 2.04. The van der Waals surface area contributed by atoms with Crippen LogP contribution < -0.4 is 0 Å². The van der Waals surface area contributed by atoms with Crippen LogP contribution in [0.1, 0.15) is 28.2 Å². The van der Waals surface area contributed by atoms with E-state index in [9.17, 15) is 18.0 Å². The minimum absolute atomic E-state index is 0.201. The molecule has 0 fully saturated rings. The molecule has 0 aliphatic rings. The number of carbonyl (C=O) groups is 1. The van der Waals surface area contributed by atoms with Crippen molar-refractivity contribution in [3.8, 4) is 0 Å². The Morgan fingerprint density at radius 2 is 2.21 bits per heavy atom. The number of aromatic nitrogens is 1. The summed E-state index contributed by atoms with van der Waals surface area (Å²) in [5, 5.41) is 0. The molecule has 1 aromatic rings. The summed E-state index contributed by atoms with van der Waals surface area (Å²) in [6, 6.07) is 0.774. The second-order valence-electron chi connectivity index (χ2n) is 2.44. The standard InChI is InChI=1S/C8H5ClF3NO/c9-2-5-6(10)1-4(3-14)13-7(5)8(11)12/h1,3,8H,2H2. The average molecular weight is 224 g/mol. The van der Waals surface area contributed by atoms with Crippen molar-refractivity contribution in [2.24, 2.45) is 0 Å². The number of carbonyl (C=O) groups excluding carboxylic acids is 1. The van der Waals surface area contributed by atoms with E-state index in [1.165, 1.54) is 0 Å². The van der Waals surface area contributed by atoms with Crippen molar-refractivity contribution in [3.63, 3.8) is 0 Å². The summed E-state index contributed by atoms with van der Waals surface area (Å²) in [5.74, 6) is -1.34. The molecule has 1 aromatic heterocycles. The Labute approximate surface area is 82.7 Å². The summed E-state index contributed by atoms with van der Waals surface area (Å²) in [7, 11) is 0. The van der Waals surface area contributed by atoms with E-state index < -0.39 is 23.8 Å². The van der Waals surface area contributed by atoms with Gasteiger partial charge in [-0.05, 0) is 0 Å². The zero-order chi connectivity index (χ0) is 10.7. The van der Waals surface area contributed by atoms with Gasteiger partial charge in [0.25, 0.3) is 6.43 Å². The van der Waals surface area contributed by atoms with Gasteiger partial charge in [0.1, 0.15) is 17.2 Å². The quantitative estimate of drug-likeness (QED) is 0.583. The number of rotatable bonds is 3. The second kappa shape index (κ2) is 4.41. The predicted molar refractivity (Wildman–Crippen MR) is 44.1 cm³/mol. The smallest absolute Gasteiger partial charge is 0.280 e. The molecule has 0 radical (unpaired) electrons. The lowest BCUT2D eigenvalue weighted by molar-refractivity contribution is 0.111. The first-order chi connectivity index (χ1) is 6.60. The van der Waals surface area contributed by atoms with Crippen molar-refractivity contribution < 1.29 is 18.0 Å². The van der Waals surface area contributed by atoms with Crippen LogP contribution in [0.2, 0.25) is 0 Å². The fraction of sp³-hybridized carbons (Fsp3) is 0.250. The van der Waals surface area contributed by atoms with E-state index in [1.54, 1.807) is 0 Å². The number of nitrogens with zero attached hydrogens (tertiary/aromatic N) is 1. The predicted octanol–water partition coefficient (Wildman–Crippen LogP) is 2.71. The Morgan fingerprint density at radius 3 is 2.64 bits per heavy atom. The first-order valence-corrected chi connectivity index (χ1v) is 4.12. The van der Waals surface area contributed by atoms with Crippen molar-refractivity contribution in [2.75, 3.05) is 0 Å². The van der Waals surface area contributed by atoms with E-state index in [2.05, 4.69) is 4.98 Å². The summed E-state index contributed by atoms with van der Waals surface area (Å²) in [5.41, 5.74) is -1.51.